The van der Waals surface area contributed by atoms with Crippen molar-refractivity contribution in [3.63, 3.8) is 0 Å². The van der Waals surface area contributed by atoms with Crippen molar-refractivity contribution in [2.75, 3.05) is 0 Å². The van der Waals surface area contributed by atoms with Gasteiger partial charge in [-0.25, -0.2) is 9.37 Å². The lowest BCUT2D eigenvalue weighted by Crippen LogP contribution is -2.55. The molecule has 3 aromatic rings. The van der Waals surface area contributed by atoms with Crippen molar-refractivity contribution in [2.24, 2.45) is 5.92 Å². The average Bonchev–Trinajstić information content (AvgIpc) is 2.74. The van der Waals surface area contributed by atoms with Crippen LogP contribution in [0.4, 0.5) is 4.39 Å². The first-order chi connectivity index (χ1) is 15.1. The molecule has 0 spiro atoms. The molecule has 6 nitrogen and oxygen atoms in total. The van der Waals surface area contributed by atoms with E-state index in [1.807, 2.05) is 12.1 Å². The third-order valence-electron chi connectivity index (χ3n) is 5.45. The largest absolute Gasteiger partial charge is 0.480 e. The molecule has 3 rings (SSSR count). The summed E-state index contributed by atoms with van der Waals surface area (Å²) in [6.07, 6.45) is 2.20. The Labute approximate surface area is 185 Å². The maximum atomic E-state index is 13.5. The van der Waals surface area contributed by atoms with Crippen molar-refractivity contribution in [3.8, 4) is 0 Å². The molecule has 0 saturated carbocycles. The summed E-state index contributed by atoms with van der Waals surface area (Å²) in [6.45, 7) is 3.57. The quantitative estimate of drug-likeness (QED) is 0.344. The van der Waals surface area contributed by atoms with Crippen molar-refractivity contribution >= 4 is 24.9 Å². The van der Waals surface area contributed by atoms with Gasteiger partial charge in [0.15, 0.2) is 5.16 Å². The molecule has 0 aliphatic carbocycles. The van der Waals surface area contributed by atoms with Gasteiger partial charge in [-0.3, -0.25) is 9.36 Å². The van der Waals surface area contributed by atoms with Gasteiger partial charge < -0.3 is 15.1 Å². The van der Waals surface area contributed by atoms with Crippen molar-refractivity contribution in [1.82, 2.24) is 4.98 Å². The molecule has 3 atom stereocenters. The molecule has 1 aromatic heterocycles. The summed E-state index contributed by atoms with van der Waals surface area (Å²) in [6, 6.07) is 15.3. The second-order valence-corrected chi connectivity index (χ2v) is 9.47. The average molecular weight is 457 g/mol. The van der Waals surface area contributed by atoms with Gasteiger partial charge in [-0.15, -0.1) is 0 Å². The van der Waals surface area contributed by atoms with Crippen LogP contribution in [0.3, 0.4) is 0 Å². The van der Waals surface area contributed by atoms with E-state index < -0.39 is 30.6 Å². The number of fused-ring (bicyclic) bond motifs is 1. The fourth-order valence-corrected chi connectivity index (χ4v) is 4.68. The third kappa shape index (κ3) is 4.37. The van der Waals surface area contributed by atoms with Gasteiger partial charge in [0, 0.05) is 11.8 Å². The zero-order valence-corrected chi connectivity index (χ0v) is 18.7. The first-order valence-corrected chi connectivity index (χ1v) is 11.4. The monoisotopic (exact) mass is 457 g/mol. The number of halogens is 1. The molecule has 0 saturated heterocycles. The Morgan fingerprint density at radius 1 is 1.12 bits per heavy atom. The van der Waals surface area contributed by atoms with E-state index in [4.69, 9.17) is 0 Å². The van der Waals surface area contributed by atoms with Gasteiger partial charge in [0.1, 0.15) is 11.4 Å². The number of aromatic nitrogens is 1. The number of para-hydroxylation sites is 1. The van der Waals surface area contributed by atoms with Crippen molar-refractivity contribution in [3.05, 3.63) is 89.9 Å². The molecule has 32 heavy (non-hydrogen) atoms. The van der Waals surface area contributed by atoms with Crippen LogP contribution in [-0.2, 0) is 21.4 Å². The highest BCUT2D eigenvalue weighted by molar-refractivity contribution is 7.42. The maximum Gasteiger partial charge on any atom is 0.326 e. The second-order valence-electron chi connectivity index (χ2n) is 8.07. The highest BCUT2D eigenvalue weighted by Gasteiger charge is 2.60. The minimum atomic E-state index is -3.91. The number of carboxylic acid groups (broad SMARTS) is 1. The normalized spacial score (nSPS) is 16.7. The molecule has 2 aromatic carbocycles. The number of nitrogens with zero attached hydrogens (tertiary/aromatic N) is 1. The van der Waals surface area contributed by atoms with Crippen LogP contribution >= 0.6 is 8.03 Å². The summed E-state index contributed by atoms with van der Waals surface area (Å²) in [5.41, 5.74) is -1.59. The van der Waals surface area contributed by atoms with Crippen molar-refractivity contribution in [1.29, 1.82) is 0 Å². The number of hydrogen-bond acceptors (Lipinski definition) is 4. The Balaban J connectivity index is 2.33. The van der Waals surface area contributed by atoms with Crippen LogP contribution in [-0.4, -0.2) is 31.2 Å². The van der Waals surface area contributed by atoms with Gasteiger partial charge in [-0.1, -0.05) is 62.4 Å². The molecule has 1 heterocycles. The number of pyridine rings is 1. The molecule has 0 amide bonds. The van der Waals surface area contributed by atoms with E-state index >= 15 is 0 Å². The SMILES string of the molecule is CC(C)C=CC(C(=O)O)([PH](=O)O)C(O)(Cc1ccc(F)cc1)c1ccc2ccccc2n1. The van der Waals surface area contributed by atoms with Crippen molar-refractivity contribution < 1.29 is 28.9 Å². The molecule has 0 bridgehead atoms. The molecule has 0 aliphatic heterocycles. The minimum absolute atomic E-state index is 0.0660. The first kappa shape index (κ1) is 23.8. The van der Waals surface area contributed by atoms with E-state index in [1.54, 1.807) is 32.0 Å². The highest BCUT2D eigenvalue weighted by Crippen LogP contribution is 2.52. The Bertz CT molecular complexity index is 1160. The number of rotatable bonds is 8. The summed E-state index contributed by atoms with van der Waals surface area (Å²) < 4.78 is 26.2. The summed E-state index contributed by atoms with van der Waals surface area (Å²) in [4.78, 5) is 27.4. The molecular formula is C24H25FNO5P. The standard InChI is InChI=1S/C24H25FNO5P/c1-16(2)13-14-24(22(27)28,32(30)31)23(29,15-17-7-10-19(25)11-8-17)21-12-9-18-5-3-4-6-20(18)26-21/h3-14,16,29,32H,15H2,1-2H3,(H,27,28)(H,30,31). The Morgan fingerprint density at radius 3 is 2.38 bits per heavy atom. The topological polar surface area (TPSA) is 108 Å². The zero-order valence-electron chi connectivity index (χ0n) is 17.7. The van der Waals surface area contributed by atoms with Gasteiger partial charge in [-0.05, 0) is 35.7 Å². The Morgan fingerprint density at radius 2 is 1.78 bits per heavy atom. The van der Waals surface area contributed by atoms with E-state index in [2.05, 4.69) is 4.98 Å². The molecule has 3 N–H and O–H groups in total. The van der Waals surface area contributed by atoms with Gasteiger partial charge in [0.25, 0.3) is 0 Å². The molecule has 168 valence electrons. The van der Waals surface area contributed by atoms with Gasteiger partial charge in [0.2, 0.25) is 8.03 Å². The van der Waals surface area contributed by atoms with Gasteiger partial charge in [-0.2, -0.15) is 0 Å². The Hall–Kier alpha value is -2.86. The number of aliphatic hydroxyl groups is 1. The fraction of sp³-hybridized carbons (Fsp3) is 0.250. The van der Waals surface area contributed by atoms with Gasteiger partial charge >= 0.3 is 5.97 Å². The van der Waals surface area contributed by atoms with E-state index in [9.17, 15) is 28.9 Å². The highest BCUT2D eigenvalue weighted by atomic mass is 31.1. The number of carbonyl (C=O) groups is 1. The minimum Gasteiger partial charge on any atom is -0.480 e. The molecular weight excluding hydrogens is 432 g/mol. The molecule has 0 aliphatic rings. The summed E-state index contributed by atoms with van der Waals surface area (Å²) in [5.74, 6) is -2.30. The molecule has 0 fully saturated rings. The number of benzene rings is 2. The van der Waals surface area contributed by atoms with Crippen LogP contribution in [0.15, 0.2) is 72.8 Å². The van der Waals surface area contributed by atoms with E-state index in [0.29, 0.717) is 11.1 Å². The Kier molecular flexibility index (Phi) is 6.94. The predicted molar refractivity (Wildman–Crippen MR) is 121 cm³/mol. The lowest BCUT2D eigenvalue weighted by atomic mass is 9.77. The number of hydrogen-bond donors (Lipinski definition) is 3. The van der Waals surface area contributed by atoms with Crippen LogP contribution in [0.25, 0.3) is 10.9 Å². The van der Waals surface area contributed by atoms with E-state index in [-0.39, 0.29) is 18.0 Å². The van der Waals surface area contributed by atoms with Crippen LogP contribution in [0.2, 0.25) is 0 Å². The summed E-state index contributed by atoms with van der Waals surface area (Å²) >= 11 is 0. The first-order valence-electron chi connectivity index (χ1n) is 10.1. The van der Waals surface area contributed by atoms with Crippen LogP contribution in [0.1, 0.15) is 25.1 Å². The molecule has 0 radical (unpaired) electrons. The number of aliphatic carboxylic acids is 1. The third-order valence-corrected chi connectivity index (χ3v) is 6.92. The molecule has 3 unspecified atom stereocenters. The number of carboxylic acids is 1. The van der Waals surface area contributed by atoms with Crippen LogP contribution < -0.4 is 0 Å². The van der Waals surface area contributed by atoms with E-state index in [0.717, 1.165) is 11.5 Å². The second kappa shape index (κ2) is 9.33. The smallest absolute Gasteiger partial charge is 0.326 e. The lowest BCUT2D eigenvalue weighted by Gasteiger charge is -2.40. The van der Waals surface area contributed by atoms with Crippen LogP contribution in [0.5, 0.6) is 0 Å². The lowest BCUT2D eigenvalue weighted by molar-refractivity contribution is -0.147. The summed E-state index contributed by atoms with van der Waals surface area (Å²) in [7, 11) is -3.91. The zero-order chi connectivity index (χ0) is 23.5. The van der Waals surface area contributed by atoms with E-state index in [1.165, 1.54) is 36.4 Å². The van der Waals surface area contributed by atoms with Gasteiger partial charge in [0.05, 0.1) is 11.2 Å². The number of allylic oxidation sites excluding steroid dienone is 1. The fourth-order valence-electron chi connectivity index (χ4n) is 3.69. The predicted octanol–water partition coefficient (Wildman–Crippen LogP) is 4.31. The van der Waals surface area contributed by atoms with Crippen LogP contribution in [0, 0.1) is 11.7 Å². The van der Waals surface area contributed by atoms with Crippen molar-refractivity contribution in [2.45, 2.75) is 31.0 Å². The summed E-state index contributed by atoms with van der Waals surface area (Å²) in [5, 5.41) is 20.4. The maximum absolute atomic E-state index is 13.5. The molecule has 8 heteroatoms.